The van der Waals surface area contributed by atoms with Gasteiger partial charge in [0.15, 0.2) is 0 Å². The molecule has 0 bridgehead atoms. The first-order valence-electron chi connectivity index (χ1n) is 6.65. The van der Waals surface area contributed by atoms with Crippen LogP contribution in [0.1, 0.15) is 10.6 Å². The molecule has 0 aliphatic rings. The highest BCUT2D eigenvalue weighted by Crippen LogP contribution is 2.21. The lowest BCUT2D eigenvalue weighted by Gasteiger charge is -1.94. The summed E-state index contributed by atoms with van der Waals surface area (Å²) >= 11 is 1.64. The van der Waals surface area contributed by atoms with Crippen LogP contribution >= 0.6 is 11.3 Å². The third kappa shape index (κ3) is 3.50. The largest absolute Gasteiger partial charge is 0.399 e. The fourth-order valence-corrected chi connectivity index (χ4v) is 2.71. The average Bonchev–Trinajstić information content (AvgIpc) is 2.97. The van der Waals surface area contributed by atoms with Crippen LogP contribution in [-0.2, 0) is 6.42 Å². The lowest BCUT2D eigenvalue weighted by Crippen LogP contribution is -1.85. The van der Waals surface area contributed by atoms with Crippen LogP contribution < -0.4 is 5.73 Å². The van der Waals surface area contributed by atoms with Gasteiger partial charge in [0, 0.05) is 22.2 Å². The average molecular weight is 290 g/mol. The minimum atomic E-state index is 0.659. The van der Waals surface area contributed by atoms with Crippen molar-refractivity contribution in [2.45, 2.75) is 6.42 Å². The van der Waals surface area contributed by atoms with Crippen molar-refractivity contribution < 1.29 is 0 Å². The second-order valence-electron chi connectivity index (χ2n) is 4.60. The Labute approximate surface area is 128 Å². The van der Waals surface area contributed by atoms with Crippen LogP contribution in [0.5, 0.6) is 0 Å². The number of benzene rings is 2. The van der Waals surface area contributed by atoms with Gasteiger partial charge in [-0.3, -0.25) is 0 Å². The van der Waals surface area contributed by atoms with Gasteiger partial charge in [0.25, 0.3) is 0 Å². The Hall–Kier alpha value is -2.57. The maximum absolute atomic E-state index is 5.73. The van der Waals surface area contributed by atoms with E-state index in [2.05, 4.69) is 34.3 Å². The van der Waals surface area contributed by atoms with Crippen molar-refractivity contribution in [1.82, 2.24) is 4.98 Å². The number of hydrogen-bond acceptors (Lipinski definition) is 3. The van der Waals surface area contributed by atoms with E-state index in [4.69, 9.17) is 5.73 Å². The van der Waals surface area contributed by atoms with Gasteiger partial charge in [-0.15, -0.1) is 11.3 Å². The summed E-state index contributed by atoms with van der Waals surface area (Å²) in [5.74, 6) is 6.27. The van der Waals surface area contributed by atoms with Crippen LogP contribution in [-0.4, -0.2) is 4.98 Å². The molecule has 2 aromatic carbocycles. The summed E-state index contributed by atoms with van der Waals surface area (Å²) in [6, 6.07) is 17.8. The Morgan fingerprint density at radius 3 is 2.71 bits per heavy atom. The minimum absolute atomic E-state index is 0.659. The molecule has 0 saturated carbocycles. The van der Waals surface area contributed by atoms with Crippen molar-refractivity contribution in [2.75, 3.05) is 5.73 Å². The van der Waals surface area contributed by atoms with Gasteiger partial charge < -0.3 is 5.73 Å². The summed E-state index contributed by atoms with van der Waals surface area (Å²) in [5, 5.41) is 3.11. The van der Waals surface area contributed by atoms with Gasteiger partial charge in [-0.2, -0.15) is 0 Å². The summed E-state index contributed by atoms with van der Waals surface area (Å²) in [4.78, 5) is 4.62. The van der Waals surface area contributed by atoms with E-state index in [-0.39, 0.29) is 0 Å². The van der Waals surface area contributed by atoms with Gasteiger partial charge in [0.1, 0.15) is 5.01 Å². The molecule has 0 unspecified atom stereocenters. The first-order valence-corrected chi connectivity index (χ1v) is 7.53. The van der Waals surface area contributed by atoms with E-state index in [0.717, 1.165) is 27.5 Å². The normalized spacial score (nSPS) is 9.90. The molecule has 1 aromatic heterocycles. The van der Waals surface area contributed by atoms with Crippen molar-refractivity contribution in [2.24, 2.45) is 0 Å². The molecule has 2 nitrogen and oxygen atoms in total. The second-order valence-corrected chi connectivity index (χ2v) is 5.54. The SMILES string of the molecule is Nc1cccc(C#CCc2nc(-c3ccccc3)cs2)c1. The standard InChI is InChI=1S/C18H14N2S/c19-16-10-4-6-14(12-16)7-5-11-18-20-17(13-21-18)15-8-2-1-3-9-15/h1-4,6,8-10,12-13H,11,19H2. The summed E-state index contributed by atoms with van der Waals surface area (Å²) < 4.78 is 0. The van der Waals surface area contributed by atoms with E-state index in [1.807, 2.05) is 42.5 Å². The molecule has 3 aromatic rings. The molecule has 21 heavy (non-hydrogen) atoms. The molecule has 2 N–H and O–H groups in total. The molecule has 0 spiro atoms. The first kappa shape index (κ1) is 13.4. The fraction of sp³-hybridized carbons (Fsp3) is 0.0556. The molecule has 102 valence electrons. The van der Waals surface area contributed by atoms with Gasteiger partial charge in [-0.1, -0.05) is 48.2 Å². The molecule has 0 saturated heterocycles. The molecule has 0 radical (unpaired) electrons. The van der Waals surface area contributed by atoms with Crippen molar-refractivity contribution >= 4 is 17.0 Å². The fourth-order valence-electron chi connectivity index (χ4n) is 1.97. The van der Waals surface area contributed by atoms with E-state index in [1.54, 1.807) is 11.3 Å². The van der Waals surface area contributed by atoms with Crippen LogP contribution in [0.3, 0.4) is 0 Å². The summed E-state index contributed by atoms with van der Waals surface area (Å²) in [7, 11) is 0. The summed E-state index contributed by atoms with van der Waals surface area (Å²) in [6.07, 6.45) is 0.659. The molecule has 0 fully saturated rings. The minimum Gasteiger partial charge on any atom is -0.399 e. The number of thiazole rings is 1. The van der Waals surface area contributed by atoms with Crippen LogP contribution in [0.4, 0.5) is 5.69 Å². The third-order valence-corrected chi connectivity index (χ3v) is 3.83. The molecule has 1 heterocycles. The maximum atomic E-state index is 5.73. The number of hydrogen-bond donors (Lipinski definition) is 1. The number of nitrogens with two attached hydrogens (primary N) is 1. The van der Waals surface area contributed by atoms with Crippen LogP contribution in [0, 0.1) is 11.8 Å². The Bertz CT molecular complexity index is 795. The van der Waals surface area contributed by atoms with E-state index in [1.165, 1.54) is 0 Å². The van der Waals surface area contributed by atoms with Crippen molar-refractivity contribution in [3.63, 3.8) is 0 Å². The molecule has 0 aliphatic carbocycles. The highest BCUT2D eigenvalue weighted by atomic mass is 32.1. The second kappa shape index (κ2) is 6.25. The molecular weight excluding hydrogens is 276 g/mol. The molecule has 0 atom stereocenters. The number of aromatic nitrogens is 1. The van der Waals surface area contributed by atoms with Crippen molar-refractivity contribution in [3.05, 3.63) is 70.5 Å². The van der Waals surface area contributed by atoms with Gasteiger partial charge in [-0.25, -0.2) is 4.98 Å². The van der Waals surface area contributed by atoms with E-state index >= 15 is 0 Å². The van der Waals surface area contributed by atoms with E-state index in [9.17, 15) is 0 Å². The first-order chi connectivity index (χ1) is 10.3. The monoisotopic (exact) mass is 290 g/mol. The zero-order valence-corrected chi connectivity index (χ0v) is 12.2. The molecular formula is C18H14N2S. The number of nitrogens with zero attached hydrogens (tertiary/aromatic N) is 1. The van der Waals surface area contributed by atoms with Crippen LogP contribution in [0.15, 0.2) is 60.0 Å². The Balaban J connectivity index is 1.71. The Morgan fingerprint density at radius 2 is 1.90 bits per heavy atom. The van der Waals surface area contributed by atoms with Gasteiger partial charge in [0.05, 0.1) is 12.1 Å². The van der Waals surface area contributed by atoms with Gasteiger partial charge >= 0.3 is 0 Å². The predicted octanol–water partition coefficient (Wildman–Crippen LogP) is 3.99. The van der Waals surface area contributed by atoms with Crippen molar-refractivity contribution in [1.29, 1.82) is 0 Å². The Kier molecular flexibility index (Phi) is 3.99. The highest BCUT2D eigenvalue weighted by molar-refractivity contribution is 7.10. The molecule has 3 rings (SSSR count). The van der Waals surface area contributed by atoms with Crippen LogP contribution in [0.25, 0.3) is 11.3 Å². The third-order valence-electron chi connectivity index (χ3n) is 2.98. The lowest BCUT2D eigenvalue weighted by molar-refractivity contribution is 1.22. The quantitative estimate of drug-likeness (QED) is 0.572. The van der Waals surface area contributed by atoms with Crippen LogP contribution in [0.2, 0.25) is 0 Å². The number of rotatable bonds is 2. The maximum Gasteiger partial charge on any atom is 0.105 e. The number of anilines is 1. The Morgan fingerprint density at radius 1 is 1.05 bits per heavy atom. The van der Waals surface area contributed by atoms with E-state index < -0.39 is 0 Å². The van der Waals surface area contributed by atoms with E-state index in [0.29, 0.717) is 6.42 Å². The van der Waals surface area contributed by atoms with Gasteiger partial charge in [-0.05, 0) is 18.2 Å². The smallest absolute Gasteiger partial charge is 0.105 e. The summed E-state index contributed by atoms with van der Waals surface area (Å²) in [5.41, 5.74) is 9.57. The zero-order chi connectivity index (χ0) is 14.5. The molecule has 0 aliphatic heterocycles. The number of nitrogen functional groups attached to an aromatic ring is 1. The van der Waals surface area contributed by atoms with Crippen molar-refractivity contribution in [3.8, 4) is 23.1 Å². The molecule has 0 amide bonds. The topological polar surface area (TPSA) is 38.9 Å². The predicted molar refractivity (Wildman–Crippen MR) is 89.0 cm³/mol. The van der Waals surface area contributed by atoms with Gasteiger partial charge in [0.2, 0.25) is 0 Å². The summed E-state index contributed by atoms with van der Waals surface area (Å²) in [6.45, 7) is 0. The zero-order valence-electron chi connectivity index (χ0n) is 11.4. The highest BCUT2D eigenvalue weighted by Gasteiger charge is 2.02. The lowest BCUT2D eigenvalue weighted by atomic mass is 10.2. The molecule has 3 heteroatoms.